The Hall–Kier alpha value is -8.85. The summed E-state index contributed by atoms with van der Waals surface area (Å²) in [5.74, 6) is 0. The first kappa shape index (κ1) is 44.6. The lowest BCUT2D eigenvalue weighted by Crippen LogP contribution is -2.61. The van der Waals surface area contributed by atoms with Crippen molar-refractivity contribution in [1.82, 2.24) is 9.13 Å². The molecule has 0 atom stereocenters. The van der Waals surface area contributed by atoms with E-state index in [-0.39, 0.29) is 13.4 Å². The third-order valence-corrected chi connectivity index (χ3v) is 17.2. The molecule has 0 fully saturated rings. The first-order chi connectivity index (χ1) is 37.2. The van der Waals surface area contributed by atoms with Gasteiger partial charge < -0.3 is 9.13 Å². The molecule has 0 aliphatic carbocycles. The van der Waals surface area contributed by atoms with Crippen LogP contribution in [0, 0.1) is 41.5 Å². The predicted molar refractivity (Wildman–Crippen MR) is 327 cm³/mol. The number of hydrogen-bond acceptors (Lipinski definition) is 0. The van der Waals surface area contributed by atoms with E-state index < -0.39 is 0 Å². The van der Waals surface area contributed by atoms with E-state index in [4.69, 9.17) is 0 Å². The van der Waals surface area contributed by atoms with Gasteiger partial charge in [-0.3, -0.25) is 0 Å². The minimum absolute atomic E-state index is 0.0654. The molecule has 76 heavy (non-hydrogen) atoms. The van der Waals surface area contributed by atoms with Crippen molar-refractivity contribution in [2.45, 2.75) is 41.5 Å². The van der Waals surface area contributed by atoms with Gasteiger partial charge >= 0.3 is 0 Å². The molecule has 4 heteroatoms. The van der Waals surface area contributed by atoms with Crippen molar-refractivity contribution >= 4 is 89.8 Å². The topological polar surface area (TPSA) is 9.86 Å². The van der Waals surface area contributed by atoms with Gasteiger partial charge in [0.25, 0.3) is 0 Å². The van der Waals surface area contributed by atoms with Gasteiger partial charge in [-0.25, -0.2) is 0 Å². The van der Waals surface area contributed by atoms with Crippen LogP contribution in [0.3, 0.4) is 0 Å². The predicted octanol–water partition coefficient (Wildman–Crippen LogP) is 14.1. The molecule has 2 aromatic heterocycles. The van der Waals surface area contributed by atoms with Crippen molar-refractivity contribution in [2.75, 3.05) is 0 Å². The number of hydrogen-bond donors (Lipinski definition) is 0. The first-order valence-electron chi connectivity index (χ1n) is 27.0. The van der Waals surface area contributed by atoms with Gasteiger partial charge in [0, 0.05) is 44.0 Å². The molecule has 4 heterocycles. The Balaban J connectivity index is 1.15. The van der Waals surface area contributed by atoms with Crippen LogP contribution in [0.25, 0.3) is 99.5 Å². The first-order valence-corrected chi connectivity index (χ1v) is 27.0. The maximum Gasteiger partial charge on any atom is 0.247 e. The molecule has 2 aliphatic heterocycles. The fraction of sp³-hybridized carbons (Fsp3) is 0.0833. The molecule has 15 rings (SSSR count). The molecular formula is C72H54B2N2. The van der Waals surface area contributed by atoms with E-state index in [0.29, 0.717) is 0 Å². The maximum atomic E-state index is 2.67. The molecule has 0 saturated carbocycles. The molecule has 0 spiro atoms. The van der Waals surface area contributed by atoms with E-state index >= 15 is 0 Å². The summed E-state index contributed by atoms with van der Waals surface area (Å²) in [6, 6.07) is 83.1. The zero-order valence-electron chi connectivity index (χ0n) is 43.8. The number of fused-ring (bicyclic) bond motifs is 10. The Morgan fingerprint density at radius 2 is 0.632 bits per heavy atom. The zero-order valence-corrected chi connectivity index (χ0v) is 43.8. The monoisotopic (exact) mass is 968 g/mol. The van der Waals surface area contributed by atoms with E-state index in [0.717, 1.165) is 0 Å². The van der Waals surface area contributed by atoms with Crippen molar-refractivity contribution in [3.05, 3.63) is 252 Å². The molecule has 11 aromatic carbocycles. The van der Waals surface area contributed by atoms with Crippen LogP contribution >= 0.6 is 0 Å². The number of rotatable bonds is 6. The van der Waals surface area contributed by atoms with Gasteiger partial charge in [-0.2, -0.15) is 0 Å². The SMILES string of the molecule is Cc1cc(C)c(B2c3cc4c(cc3-n3c5cccc(-c6ccccc6)c5c5cc(-c6ccccc6)cc2c53)B(c2c(C)cc(C)cc2C)c2cc(-c3ccccc3)cc3c5c(-c6ccccc6)cccc5n-4c23)c(C)c1. The van der Waals surface area contributed by atoms with Gasteiger partial charge in [0.2, 0.25) is 13.4 Å². The summed E-state index contributed by atoms with van der Waals surface area (Å²) in [5.41, 5.74) is 33.4. The van der Waals surface area contributed by atoms with Crippen molar-refractivity contribution < 1.29 is 0 Å². The molecule has 0 unspecified atom stereocenters. The van der Waals surface area contributed by atoms with Gasteiger partial charge in [0.1, 0.15) is 0 Å². The average Bonchev–Trinajstić information content (AvgIpc) is 4.16. The summed E-state index contributed by atoms with van der Waals surface area (Å²) < 4.78 is 5.34. The van der Waals surface area contributed by atoms with Gasteiger partial charge in [-0.15, -0.1) is 0 Å². The molecular weight excluding hydrogens is 914 g/mol. The van der Waals surface area contributed by atoms with Crippen molar-refractivity contribution in [1.29, 1.82) is 0 Å². The molecule has 0 bridgehead atoms. The average molecular weight is 969 g/mol. The molecule has 0 amide bonds. The van der Waals surface area contributed by atoms with E-state index in [1.807, 2.05) is 0 Å². The standard InChI is InChI=1S/C72H54B2N2/c1-43-33-45(3)69(46(4)34-43)73-59-41-66-60(42-65(59)75-63-31-19-29-55(51-25-15-9-16-26-51)67(63)57-37-53(39-61(73)71(57)75)49-21-11-7-12-22-49)74(70-47(5)35-44(2)36-48(70)6)62-40-54(50-23-13-8-14-24-50)38-58-68-56(52-27-17-10-18-28-52)30-20-32-64(68)76(66)72(58)62/h7-42H,1-6H3. The summed E-state index contributed by atoms with van der Waals surface area (Å²) in [5, 5.41) is 5.15. The highest BCUT2D eigenvalue weighted by molar-refractivity contribution is 7.00. The lowest BCUT2D eigenvalue weighted by molar-refractivity contribution is 1.16. The quantitative estimate of drug-likeness (QED) is 0.147. The highest BCUT2D eigenvalue weighted by Crippen LogP contribution is 2.44. The zero-order chi connectivity index (χ0) is 51.1. The number of nitrogens with zero attached hydrogens (tertiary/aromatic N) is 2. The molecule has 2 aliphatic rings. The lowest BCUT2D eigenvalue weighted by Gasteiger charge is -2.34. The van der Waals surface area contributed by atoms with E-state index in [9.17, 15) is 0 Å². The van der Waals surface area contributed by atoms with E-state index in [1.54, 1.807) is 0 Å². The van der Waals surface area contributed by atoms with Crippen LogP contribution in [-0.2, 0) is 0 Å². The Morgan fingerprint density at radius 3 is 0.987 bits per heavy atom. The Kier molecular flexibility index (Phi) is 9.88. The third kappa shape index (κ3) is 6.50. The van der Waals surface area contributed by atoms with Crippen LogP contribution in [0.5, 0.6) is 0 Å². The second-order valence-corrected chi connectivity index (χ2v) is 21.9. The number of aryl methyl sites for hydroxylation is 6. The number of aromatic nitrogens is 2. The minimum atomic E-state index is -0.0654. The molecule has 13 aromatic rings. The summed E-state index contributed by atoms with van der Waals surface area (Å²) in [6.07, 6.45) is 0. The van der Waals surface area contributed by atoms with Crippen LogP contribution in [0.15, 0.2) is 218 Å². The Labute approximate surface area is 445 Å². The fourth-order valence-corrected chi connectivity index (χ4v) is 14.4. The molecule has 0 N–H and O–H groups in total. The molecule has 358 valence electrons. The molecule has 0 radical (unpaired) electrons. The minimum Gasteiger partial charge on any atom is -0.310 e. The fourth-order valence-electron chi connectivity index (χ4n) is 14.4. The largest absolute Gasteiger partial charge is 0.310 e. The number of benzene rings is 11. The highest BCUT2D eigenvalue weighted by atomic mass is 15.0. The van der Waals surface area contributed by atoms with Gasteiger partial charge in [0.15, 0.2) is 0 Å². The Morgan fingerprint density at radius 1 is 0.289 bits per heavy atom. The van der Waals surface area contributed by atoms with Crippen molar-refractivity contribution in [3.8, 4) is 55.9 Å². The maximum absolute atomic E-state index is 2.67. The Bertz CT molecular complexity index is 4230. The summed E-state index contributed by atoms with van der Waals surface area (Å²) in [6.45, 7) is 13.7. The van der Waals surface area contributed by atoms with Crippen LogP contribution in [0.1, 0.15) is 33.4 Å². The second kappa shape index (κ2) is 16.8. The van der Waals surface area contributed by atoms with Crippen LogP contribution in [0.4, 0.5) is 0 Å². The third-order valence-electron chi connectivity index (χ3n) is 17.2. The summed E-state index contributed by atoms with van der Waals surface area (Å²) >= 11 is 0. The van der Waals surface area contributed by atoms with E-state index in [1.165, 1.54) is 166 Å². The van der Waals surface area contributed by atoms with Crippen LogP contribution in [0.2, 0.25) is 0 Å². The van der Waals surface area contributed by atoms with Gasteiger partial charge in [-0.05, 0) is 144 Å². The van der Waals surface area contributed by atoms with Crippen LogP contribution < -0.4 is 32.8 Å². The van der Waals surface area contributed by atoms with Crippen molar-refractivity contribution in [2.24, 2.45) is 0 Å². The van der Waals surface area contributed by atoms with Gasteiger partial charge in [0.05, 0.1) is 11.0 Å². The summed E-state index contributed by atoms with van der Waals surface area (Å²) in [4.78, 5) is 0. The van der Waals surface area contributed by atoms with Crippen molar-refractivity contribution in [3.63, 3.8) is 0 Å². The highest BCUT2D eigenvalue weighted by Gasteiger charge is 2.42. The second-order valence-electron chi connectivity index (χ2n) is 21.9. The molecule has 0 saturated heterocycles. The van der Waals surface area contributed by atoms with Gasteiger partial charge in [-0.1, -0.05) is 226 Å². The summed E-state index contributed by atoms with van der Waals surface area (Å²) in [7, 11) is 0. The smallest absolute Gasteiger partial charge is 0.247 e. The lowest BCUT2D eigenvalue weighted by atomic mass is 9.32. The molecule has 2 nitrogen and oxygen atoms in total. The van der Waals surface area contributed by atoms with E-state index in [2.05, 4.69) is 269 Å². The normalized spacial score (nSPS) is 12.6. The van der Waals surface area contributed by atoms with Crippen LogP contribution in [-0.4, -0.2) is 22.6 Å².